The third kappa shape index (κ3) is 5.20. The first kappa shape index (κ1) is 16.6. The lowest BCUT2D eigenvalue weighted by molar-refractivity contribution is 0.246. The maximum absolute atomic E-state index is 4.52. The van der Waals surface area contributed by atoms with E-state index in [1.54, 1.807) is 0 Å². The molecule has 1 aliphatic rings. The highest BCUT2D eigenvalue weighted by atomic mass is 32.1. The van der Waals surface area contributed by atoms with E-state index in [-0.39, 0.29) is 0 Å². The zero-order valence-corrected chi connectivity index (χ0v) is 14.5. The number of hydrogen-bond acceptors (Lipinski definition) is 6. The number of aromatic nitrogens is 2. The Morgan fingerprint density at radius 3 is 2.62 bits per heavy atom. The number of hydrogen-bond donors (Lipinski definition) is 0. The Labute approximate surface area is 133 Å². The molecule has 0 unspecified atom stereocenters. The van der Waals surface area contributed by atoms with Gasteiger partial charge in [0, 0.05) is 31.2 Å². The summed E-state index contributed by atoms with van der Waals surface area (Å²) in [5.41, 5.74) is 0. The molecule has 0 spiro atoms. The van der Waals surface area contributed by atoms with Crippen molar-refractivity contribution in [1.82, 2.24) is 19.2 Å². The van der Waals surface area contributed by atoms with Crippen LogP contribution in [0.4, 0.5) is 5.13 Å². The van der Waals surface area contributed by atoms with Gasteiger partial charge in [-0.05, 0) is 52.5 Å². The Bertz CT molecular complexity index is 405. The Morgan fingerprint density at radius 2 is 1.95 bits per heavy atom. The second-order valence-electron chi connectivity index (χ2n) is 5.69. The normalized spacial score (nSPS) is 17.4. The Hall–Kier alpha value is -0.720. The molecule has 2 heterocycles. The Kier molecular flexibility index (Phi) is 6.86. The van der Waals surface area contributed by atoms with Gasteiger partial charge in [-0.2, -0.15) is 4.37 Å². The average Bonchev–Trinajstić information content (AvgIpc) is 2.79. The Morgan fingerprint density at radius 1 is 1.14 bits per heavy atom. The second kappa shape index (κ2) is 8.66. The van der Waals surface area contributed by atoms with Crippen molar-refractivity contribution in [3.05, 3.63) is 5.82 Å². The van der Waals surface area contributed by atoms with Gasteiger partial charge in [0.25, 0.3) is 0 Å². The summed E-state index contributed by atoms with van der Waals surface area (Å²) in [6, 6.07) is 0. The van der Waals surface area contributed by atoms with Gasteiger partial charge in [-0.3, -0.25) is 0 Å². The van der Waals surface area contributed by atoms with Crippen LogP contribution in [-0.2, 0) is 0 Å². The lowest BCUT2D eigenvalue weighted by Crippen LogP contribution is -2.33. The van der Waals surface area contributed by atoms with Gasteiger partial charge in [0.2, 0.25) is 5.13 Å². The predicted molar refractivity (Wildman–Crippen MR) is 90.3 cm³/mol. The first-order valence-electron chi connectivity index (χ1n) is 8.23. The summed E-state index contributed by atoms with van der Waals surface area (Å²) in [5.74, 6) is 0.898. The molecule has 0 radical (unpaired) electrons. The molecule has 1 aromatic heterocycles. The molecule has 0 aliphatic carbocycles. The largest absolute Gasteiger partial charge is 0.346 e. The second-order valence-corrected chi connectivity index (χ2v) is 6.42. The highest BCUT2D eigenvalue weighted by Crippen LogP contribution is 2.18. The van der Waals surface area contributed by atoms with Crippen LogP contribution >= 0.6 is 11.5 Å². The highest BCUT2D eigenvalue weighted by molar-refractivity contribution is 7.09. The van der Waals surface area contributed by atoms with Gasteiger partial charge in [-0.1, -0.05) is 13.8 Å². The SMILES string of the molecule is CCN(CC)CCCN1CCCN(c2nc(C)ns2)CC1. The zero-order chi connectivity index (χ0) is 15.1. The predicted octanol–water partition coefficient (Wildman–Crippen LogP) is 2.09. The van der Waals surface area contributed by atoms with Crippen LogP contribution in [0.5, 0.6) is 0 Å². The van der Waals surface area contributed by atoms with Crippen molar-refractivity contribution in [1.29, 1.82) is 0 Å². The topological polar surface area (TPSA) is 35.5 Å². The van der Waals surface area contributed by atoms with Gasteiger partial charge in [0.05, 0.1) is 0 Å². The van der Waals surface area contributed by atoms with Crippen molar-refractivity contribution < 1.29 is 0 Å². The molecular weight excluding hydrogens is 282 g/mol. The van der Waals surface area contributed by atoms with Crippen molar-refractivity contribution in [3.8, 4) is 0 Å². The van der Waals surface area contributed by atoms with Crippen LogP contribution in [0.3, 0.4) is 0 Å². The van der Waals surface area contributed by atoms with Crippen LogP contribution in [0.15, 0.2) is 0 Å². The quantitative estimate of drug-likeness (QED) is 0.770. The van der Waals surface area contributed by atoms with E-state index in [0.29, 0.717) is 0 Å². The number of anilines is 1. The Balaban J connectivity index is 1.73. The van der Waals surface area contributed by atoms with Crippen LogP contribution in [0.1, 0.15) is 32.5 Å². The highest BCUT2D eigenvalue weighted by Gasteiger charge is 2.17. The summed E-state index contributed by atoms with van der Waals surface area (Å²) in [6.07, 6.45) is 2.50. The molecule has 21 heavy (non-hydrogen) atoms. The fraction of sp³-hybridized carbons (Fsp3) is 0.867. The molecule has 5 nitrogen and oxygen atoms in total. The van der Waals surface area contributed by atoms with Crippen molar-refractivity contribution in [2.45, 2.75) is 33.6 Å². The van der Waals surface area contributed by atoms with Crippen LogP contribution in [0.2, 0.25) is 0 Å². The summed E-state index contributed by atoms with van der Waals surface area (Å²) < 4.78 is 4.30. The van der Waals surface area contributed by atoms with E-state index in [9.17, 15) is 0 Å². The molecule has 1 aliphatic heterocycles. The van der Waals surface area contributed by atoms with E-state index in [2.05, 4.69) is 37.9 Å². The maximum atomic E-state index is 4.52. The molecule has 0 N–H and O–H groups in total. The van der Waals surface area contributed by atoms with Crippen molar-refractivity contribution in [2.75, 3.05) is 57.3 Å². The van der Waals surface area contributed by atoms with Gasteiger partial charge in [0.15, 0.2) is 0 Å². The van der Waals surface area contributed by atoms with Gasteiger partial charge in [-0.25, -0.2) is 4.98 Å². The zero-order valence-electron chi connectivity index (χ0n) is 13.7. The minimum absolute atomic E-state index is 0.898. The monoisotopic (exact) mass is 311 g/mol. The van der Waals surface area contributed by atoms with Gasteiger partial charge < -0.3 is 14.7 Å². The molecule has 0 aromatic carbocycles. The van der Waals surface area contributed by atoms with E-state index in [1.165, 1.54) is 57.1 Å². The fourth-order valence-electron chi connectivity index (χ4n) is 2.86. The molecule has 120 valence electrons. The molecule has 2 rings (SSSR count). The molecule has 6 heteroatoms. The number of aryl methyl sites for hydroxylation is 1. The molecule has 1 fully saturated rings. The van der Waals surface area contributed by atoms with Crippen LogP contribution in [-0.4, -0.2) is 71.5 Å². The minimum Gasteiger partial charge on any atom is -0.346 e. The third-order valence-electron chi connectivity index (χ3n) is 4.22. The van der Waals surface area contributed by atoms with Crippen LogP contribution in [0.25, 0.3) is 0 Å². The lowest BCUT2D eigenvalue weighted by atomic mass is 10.3. The summed E-state index contributed by atoms with van der Waals surface area (Å²) in [5, 5.41) is 1.09. The van der Waals surface area contributed by atoms with Gasteiger partial charge in [0.1, 0.15) is 5.82 Å². The summed E-state index contributed by atoms with van der Waals surface area (Å²) in [7, 11) is 0. The lowest BCUT2D eigenvalue weighted by Gasteiger charge is -2.23. The third-order valence-corrected chi connectivity index (χ3v) is 5.09. The first-order valence-corrected chi connectivity index (χ1v) is 9.00. The molecule has 0 bridgehead atoms. The number of rotatable bonds is 7. The van der Waals surface area contributed by atoms with E-state index in [1.807, 2.05) is 6.92 Å². The molecule has 0 atom stereocenters. The molecule has 1 saturated heterocycles. The van der Waals surface area contributed by atoms with E-state index in [0.717, 1.165) is 30.6 Å². The summed E-state index contributed by atoms with van der Waals surface area (Å²) in [6.45, 7) is 15.8. The smallest absolute Gasteiger partial charge is 0.205 e. The average molecular weight is 311 g/mol. The minimum atomic E-state index is 0.898. The van der Waals surface area contributed by atoms with Gasteiger partial charge >= 0.3 is 0 Å². The first-order chi connectivity index (χ1) is 10.2. The summed E-state index contributed by atoms with van der Waals surface area (Å²) in [4.78, 5) is 12.0. The van der Waals surface area contributed by atoms with Crippen molar-refractivity contribution >= 4 is 16.7 Å². The molecule has 1 aromatic rings. The maximum Gasteiger partial charge on any atom is 0.205 e. The standard InChI is InChI=1S/C15H29N5S/c1-4-18(5-2)8-6-9-19-10-7-11-20(13-12-19)15-16-14(3)17-21-15/h4-13H2,1-3H3. The van der Waals surface area contributed by atoms with Crippen LogP contribution in [0, 0.1) is 6.92 Å². The molecule has 0 amide bonds. The van der Waals surface area contributed by atoms with Crippen molar-refractivity contribution in [2.24, 2.45) is 0 Å². The van der Waals surface area contributed by atoms with Crippen molar-refractivity contribution in [3.63, 3.8) is 0 Å². The summed E-state index contributed by atoms with van der Waals surface area (Å²) >= 11 is 1.53. The van der Waals surface area contributed by atoms with E-state index < -0.39 is 0 Å². The number of nitrogens with zero attached hydrogens (tertiary/aromatic N) is 5. The van der Waals surface area contributed by atoms with E-state index in [4.69, 9.17) is 0 Å². The van der Waals surface area contributed by atoms with Gasteiger partial charge in [-0.15, -0.1) is 0 Å². The van der Waals surface area contributed by atoms with E-state index >= 15 is 0 Å². The van der Waals surface area contributed by atoms with Crippen LogP contribution < -0.4 is 4.90 Å². The molecule has 0 saturated carbocycles. The molecular formula is C15H29N5S. The fourth-order valence-corrected chi connectivity index (χ4v) is 3.58.